The highest BCUT2D eigenvalue weighted by atomic mass is 32.2. The molecule has 0 N–H and O–H groups in total. The fraction of sp³-hybridized carbons (Fsp3) is 0.306. The lowest BCUT2D eigenvalue weighted by Crippen LogP contribution is -2.60. The first-order valence-electron chi connectivity index (χ1n) is 14.5. The van der Waals surface area contributed by atoms with E-state index in [9.17, 15) is 4.79 Å². The number of thioether (sulfide) groups is 1. The largest absolute Gasteiger partial charge is 0.456 e. The summed E-state index contributed by atoms with van der Waals surface area (Å²) >= 11 is 1.51. The van der Waals surface area contributed by atoms with Gasteiger partial charge >= 0.3 is 5.97 Å². The van der Waals surface area contributed by atoms with Gasteiger partial charge in [-0.15, -0.1) is 0 Å². The predicted octanol–water partition coefficient (Wildman–Crippen LogP) is 7.13. The lowest BCUT2D eigenvalue weighted by atomic mass is 9.99. The SMILES string of the molecule is CC(=O)O[C@@H]1[C@@H](OCc2ccccc2)[C@H](OCc2ccccc2)[C@@H](COCc2ccccc2)O[C@H]1Sc1ccc(C)cc1. The molecule has 5 atom stereocenters. The summed E-state index contributed by atoms with van der Waals surface area (Å²) in [5.74, 6) is -0.406. The van der Waals surface area contributed by atoms with Gasteiger partial charge in [-0.1, -0.05) is 120 Å². The summed E-state index contributed by atoms with van der Waals surface area (Å²) in [6.45, 7) is 4.85. The molecule has 5 rings (SSSR count). The number of benzene rings is 4. The number of ether oxygens (including phenoxy) is 5. The molecule has 0 aliphatic carbocycles. The normalized spacial score (nSPS) is 21.8. The number of carbonyl (C=O) groups excluding carboxylic acids is 1. The summed E-state index contributed by atoms with van der Waals surface area (Å²) in [7, 11) is 0. The van der Waals surface area contributed by atoms with Crippen LogP contribution >= 0.6 is 11.8 Å². The standard InChI is InChI=1S/C36H38O6S/c1-26-18-20-31(21-19-26)43-36-35(41-27(2)37)34(40-24-30-16-10-5-11-17-30)33(39-23-29-14-8-4-9-15-29)32(42-36)25-38-22-28-12-6-3-7-13-28/h3-21,32-36H,22-25H2,1-2H3/t32-,33-,34+,35-,36+/m1/s1. The highest BCUT2D eigenvalue weighted by Gasteiger charge is 2.50. The van der Waals surface area contributed by atoms with E-state index in [0.717, 1.165) is 27.1 Å². The lowest BCUT2D eigenvalue weighted by Gasteiger charge is -2.45. The Morgan fingerprint density at radius 2 is 1.19 bits per heavy atom. The quantitative estimate of drug-likeness (QED) is 0.152. The van der Waals surface area contributed by atoms with Crippen LogP contribution < -0.4 is 0 Å². The molecule has 0 unspecified atom stereocenters. The summed E-state index contributed by atoms with van der Waals surface area (Å²) in [4.78, 5) is 13.5. The molecule has 6 nitrogen and oxygen atoms in total. The molecule has 0 bridgehead atoms. The molecule has 0 amide bonds. The summed E-state index contributed by atoms with van der Waals surface area (Å²) in [6, 6.07) is 38.2. The van der Waals surface area contributed by atoms with Crippen molar-refractivity contribution in [1.82, 2.24) is 0 Å². The van der Waals surface area contributed by atoms with E-state index in [1.54, 1.807) is 0 Å². The van der Waals surface area contributed by atoms with Crippen molar-refractivity contribution in [2.24, 2.45) is 0 Å². The van der Waals surface area contributed by atoms with E-state index in [2.05, 4.69) is 19.1 Å². The third kappa shape index (κ3) is 9.26. The van der Waals surface area contributed by atoms with Gasteiger partial charge in [-0.05, 0) is 35.7 Å². The average molecular weight is 599 g/mol. The van der Waals surface area contributed by atoms with Crippen molar-refractivity contribution in [1.29, 1.82) is 0 Å². The molecule has 224 valence electrons. The summed E-state index contributed by atoms with van der Waals surface area (Å²) in [6.07, 6.45) is -2.39. The maximum absolute atomic E-state index is 12.5. The van der Waals surface area contributed by atoms with Gasteiger partial charge in [-0.3, -0.25) is 4.79 Å². The number of hydrogen-bond acceptors (Lipinski definition) is 7. The van der Waals surface area contributed by atoms with Crippen molar-refractivity contribution in [2.75, 3.05) is 6.61 Å². The minimum absolute atomic E-state index is 0.275. The number of carbonyl (C=O) groups is 1. The molecule has 1 aliphatic rings. The maximum Gasteiger partial charge on any atom is 0.303 e. The minimum atomic E-state index is -0.723. The Bertz CT molecular complexity index is 1380. The zero-order valence-corrected chi connectivity index (χ0v) is 25.4. The van der Waals surface area contributed by atoms with Crippen molar-refractivity contribution >= 4 is 17.7 Å². The second kappa shape index (κ2) is 15.8. The van der Waals surface area contributed by atoms with E-state index in [1.165, 1.54) is 18.7 Å². The molecule has 4 aromatic carbocycles. The maximum atomic E-state index is 12.5. The van der Waals surface area contributed by atoms with Gasteiger partial charge in [0.15, 0.2) is 6.10 Å². The van der Waals surface area contributed by atoms with Crippen LogP contribution in [-0.4, -0.2) is 42.4 Å². The van der Waals surface area contributed by atoms with Crippen molar-refractivity contribution < 1.29 is 28.5 Å². The summed E-state index contributed by atoms with van der Waals surface area (Å²) < 4.78 is 32.1. The second-order valence-corrected chi connectivity index (χ2v) is 11.7. The summed E-state index contributed by atoms with van der Waals surface area (Å²) in [5, 5.41) is 0. The topological polar surface area (TPSA) is 63.2 Å². The van der Waals surface area contributed by atoms with Crippen LogP contribution in [0.25, 0.3) is 0 Å². The lowest BCUT2D eigenvalue weighted by molar-refractivity contribution is -0.249. The first-order chi connectivity index (χ1) is 21.0. The third-order valence-electron chi connectivity index (χ3n) is 7.13. The second-order valence-electron chi connectivity index (χ2n) is 10.6. The molecule has 0 radical (unpaired) electrons. The molecule has 7 heteroatoms. The van der Waals surface area contributed by atoms with Crippen LogP contribution in [-0.2, 0) is 48.3 Å². The van der Waals surface area contributed by atoms with Crippen molar-refractivity contribution in [3.8, 4) is 0 Å². The van der Waals surface area contributed by atoms with Gasteiger partial charge in [-0.25, -0.2) is 0 Å². The fourth-order valence-electron chi connectivity index (χ4n) is 4.97. The van der Waals surface area contributed by atoms with Gasteiger partial charge in [0, 0.05) is 11.8 Å². The zero-order valence-electron chi connectivity index (χ0n) is 24.5. The van der Waals surface area contributed by atoms with Gasteiger partial charge in [0.25, 0.3) is 0 Å². The van der Waals surface area contributed by atoms with Crippen molar-refractivity contribution in [3.63, 3.8) is 0 Å². The van der Waals surface area contributed by atoms with Crippen LogP contribution in [0.3, 0.4) is 0 Å². The Kier molecular flexibility index (Phi) is 11.4. The van der Waals surface area contributed by atoms with Gasteiger partial charge < -0.3 is 23.7 Å². The van der Waals surface area contributed by atoms with Crippen LogP contribution in [0.4, 0.5) is 0 Å². The average Bonchev–Trinajstić information content (AvgIpc) is 3.03. The van der Waals surface area contributed by atoms with Crippen LogP contribution in [0.1, 0.15) is 29.2 Å². The van der Waals surface area contributed by atoms with E-state index < -0.39 is 35.8 Å². The highest BCUT2D eigenvalue weighted by Crippen LogP contribution is 2.38. The van der Waals surface area contributed by atoms with E-state index in [-0.39, 0.29) is 6.61 Å². The molecular weight excluding hydrogens is 560 g/mol. The molecule has 4 aromatic rings. The molecule has 0 aromatic heterocycles. The predicted molar refractivity (Wildman–Crippen MR) is 167 cm³/mol. The Balaban J connectivity index is 1.44. The monoisotopic (exact) mass is 598 g/mol. The van der Waals surface area contributed by atoms with Crippen LogP contribution in [0, 0.1) is 6.92 Å². The summed E-state index contributed by atoms with van der Waals surface area (Å²) in [5.41, 5.74) is 3.72. The van der Waals surface area contributed by atoms with Crippen molar-refractivity contribution in [3.05, 3.63) is 138 Å². The van der Waals surface area contributed by atoms with Crippen LogP contribution in [0.2, 0.25) is 0 Å². The number of hydrogen-bond donors (Lipinski definition) is 0. The first kappa shape index (κ1) is 31.0. The first-order valence-corrected chi connectivity index (χ1v) is 15.4. The van der Waals surface area contributed by atoms with Gasteiger partial charge in [-0.2, -0.15) is 0 Å². The van der Waals surface area contributed by atoms with E-state index in [0.29, 0.717) is 19.8 Å². The smallest absolute Gasteiger partial charge is 0.303 e. The minimum Gasteiger partial charge on any atom is -0.456 e. The highest BCUT2D eigenvalue weighted by molar-refractivity contribution is 7.99. The molecular formula is C36H38O6S. The third-order valence-corrected chi connectivity index (χ3v) is 8.29. The van der Waals surface area contributed by atoms with E-state index in [1.807, 2.05) is 103 Å². The Morgan fingerprint density at radius 1 is 0.674 bits per heavy atom. The number of rotatable bonds is 13. The van der Waals surface area contributed by atoms with E-state index >= 15 is 0 Å². The Hall–Kier alpha value is -3.46. The van der Waals surface area contributed by atoms with Crippen LogP contribution in [0.15, 0.2) is 120 Å². The molecule has 0 spiro atoms. The zero-order chi connectivity index (χ0) is 29.9. The number of aryl methyl sites for hydroxylation is 1. The van der Waals surface area contributed by atoms with Crippen molar-refractivity contribution in [2.45, 2.75) is 68.4 Å². The van der Waals surface area contributed by atoms with E-state index in [4.69, 9.17) is 23.7 Å². The molecule has 1 fully saturated rings. The molecule has 43 heavy (non-hydrogen) atoms. The van der Waals surface area contributed by atoms with Gasteiger partial charge in [0.05, 0.1) is 26.4 Å². The Labute approximate surface area is 258 Å². The fourth-order valence-corrected chi connectivity index (χ4v) is 6.07. The van der Waals surface area contributed by atoms with Gasteiger partial charge in [0.2, 0.25) is 0 Å². The Morgan fingerprint density at radius 3 is 1.72 bits per heavy atom. The molecule has 1 saturated heterocycles. The molecule has 0 saturated carbocycles. The number of esters is 1. The molecule has 1 aliphatic heterocycles. The van der Waals surface area contributed by atoms with Crippen LogP contribution in [0.5, 0.6) is 0 Å². The molecule has 1 heterocycles. The van der Waals surface area contributed by atoms with Gasteiger partial charge in [0.1, 0.15) is 23.7 Å².